The highest BCUT2D eigenvalue weighted by Gasteiger charge is 2.10. The van der Waals surface area contributed by atoms with E-state index in [1.54, 1.807) is 14.2 Å². The van der Waals surface area contributed by atoms with Crippen LogP contribution in [0.3, 0.4) is 0 Å². The van der Waals surface area contributed by atoms with Gasteiger partial charge in [0.05, 0.1) is 26.1 Å². The van der Waals surface area contributed by atoms with E-state index in [1.165, 1.54) is 0 Å². The van der Waals surface area contributed by atoms with E-state index in [4.69, 9.17) is 9.47 Å². The smallest absolute Gasteiger partial charge is 0.241 e. The Bertz CT molecular complexity index is 875. The summed E-state index contributed by atoms with van der Waals surface area (Å²) in [5.41, 5.74) is 2.95. The van der Waals surface area contributed by atoms with Gasteiger partial charge < -0.3 is 14.8 Å². The topological polar surface area (TPSA) is 73.6 Å². The molecule has 0 amide bonds. The normalized spacial score (nSPS) is 10.9. The van der Waals surface area contributed by atoms with Crippen molar-refractivity contribution in [3.05, 3.63) is 41.5 Å². The van der Waals surface area contributed by atoms with Crippen molar-refractivity contribution >= 4 is 11.5 Å². The van der Waals surface area contributed by atoms with E-state index < -0.39 is 0 Å². The largest absolute Gasteiger partial charge is 0.493 e. The van der Waals surface area contributed by atoms with Crippen LogP contribution in [-0.4, -0.2) is 33.8 Å². The molecule has 7 heteroatoms. The first-order valence-electron chi connectivity index (χ1n) is 8.32. The number of benzene rings is 1. The Morgan fingerprint density at radius 1 is 1.16 bits per heavy atom. The molecule has 0 unspecified atom stereocenters. The Morgan fingerprint density at radius 3 is 2.68 bits per heavy atom. The van der Waals surface area contributed by atoms with E-state index in [9.17, 15) is 0 Å². The Kier molecular flexibility index (Phi) is 5.02. The number of anilines is 1. The van der Waals surface area contributed by atoms with Crippen LogP contribution >= 0.6 is 0 Å². The minimum atomic E-state index is 0.567. The predicted molar refractivity (Wildman–Crippen MR) is 96.4 cm³/mol. The Hall–Kier alpha value is -2.83. The van der Waals surface area contributed by atoms with E-state index in [2.05, 4.69) is 27.3 Å². The van der Waals surface area contributed by atoms with Crippen LogP contribution in [0.1, 0.15) is 30.4 Å². The molecule has 132 valence electrons. The van der Waals surface area contributed by atoms with Crippen molar-refractivity contribution < 1.29 is 9.47 Å². The highest BCUT2D eigenvalue weighted by atomic mass is 16.5. The first-order chi connectivity index (χ1) is 12.2. The van der Waals surface area contributed by atoms with Gasteiger partial charge in [0.25, 0.3) is 0 Å². The molecule has 2 heterocycles. The van der Waals surface area contributed by atoms with Gasteiger partial charge in [-0.2, -0.15) is 0 Å². The van der Waals surface area contributed by atoms with Crippen LogP contribution in [0, 0.1) is 6.92 Å². The van der Waals surface area contributed by atoms with Gasteiger partial charge in [-0.05, 0) is 31.0 Å². The average molecular weight is 341 g/mol. The fraction of sp³-hybridized carbons (Fsp3) is 0.389. The third-order valence-electron chi connectivity index (χ3n) is 4.02. The number of nitrogens with one attached hydrogen (secondary N) is 1. The summed E-state index contributed by atoms with van der Waals surface area (Å²) in [5.74, 6) is 2.94. The molecule has 0 aliphatic rings. The zero-order valence-corrected chi connectivity index (χ0v) is 15.0. The second-order valence-corrected chi connectivity index (χ2v) is 5.79. The molecule has 0 saturated carbocycles. The summed E-state index contributed by atoms with van der Waals surface area (Å²) < 4.78 is 12.5. The number of methoxy groups -OCH3 is 2. The minimum Gasteiger partial charge on any atom is -0.493 e. The molecule has 1 N–H and O–H groups in total. The van der Waals surface area contributed by atoms with E-state index in [1.807, 2.05) is 35.8 Å². The number of fused-ring (bicyclic) bond motifs is 1. The fourth-order valence-electron chi connectivity index (χ4n) is 2.73. The van der Waals surface area contributed by atoms with Gasteiger partial charge in [0.2, 0.25) is 5.95 Å². The van der Waals surface area contributed by atoms with Crippen LogP contribution in [0.4, 0.5) is 5.95 Å². The monoisotopic (exact) mass is 341 g/mol. The van der Waals surface area contributed by atoms with Gasteiger partial charge >= 0.3 is 0 Å². The number of ether oxygens (including phenoxy) is 2. The molecule has 2 aromatic heterocycles. The lowest BCUT2D eigenvalue weighted by molar-refractivity contribution is 0.354. The van der Waals surface area contributed by atoms with Crippen LogP contribution in [-0.2, 0) is 13.0 Å². The zero-order valence-electron chi connectivity index (χ0n) is 15.0. The van der Waals surface area contributed by atoms with Gasteiger partial charge in [-0.15, -0.1) is 5.10 Å². The summed E-state index contributed by atoms with van der Waals surface area (Å²) in [6.45, 7) is 4.70. The maximum absolute atomic E-state index is 5.34. The number of rotatable bonds is 7. The molecule has 3 aromatic rings. The van der Waals surface area contributed by atoms with Gasteiger partial charge in [0, 0.05) is 13.0 Å². The van der Waals surface area contributed by atoms with Crippen molar-refractivity contribution in [2.75, 3.05) is 19.5 Å². The molecule has 0 fully saturated rings. The van der Waals surface area contributed by atoms with Crippen molar-refractivity contribution in [3.8, 4) is 11.5 Å². The molecule has 1 aromatic carbocycles. The summed E-state index contributed by atoms with van der Waals surface area (Å²) in [6, 6.07) is 5.81. The van der Waals surface area contributed by atoms with Crippen molar-refractivity contribution in [3.63, 3.8) is 0 Å². The van der Waals surface area contributed by atoms with Crippen molar-refractivity contribution in [2.45, 2.75) is 33.2 Å². The van der Waals surface area contributed by atoms with Crippen LogP contribution in [0.15, 0.2) is 24.4 Å². The summed E-state index contributed by atoms with van der Waals surface area (Å²) in [4.78, 5) is 8.98. The van der Waals surface area contributed by atoms with Gasteiger partial charge in [0.1, 0.15) is 11.3 Å². The molecular formula is C18H23N5O2. The van der Waals surface area contributed by atoms with Crippen molar-refractivity contribution in [2.24, 2.45) is 0 Å². The summed E-state index contributed by atoms with van der Waals surface area (Å²) in [6.07, 6.45) is 3.73. The third-order valence-corrected chi connectivity index (χ3v) is 4.02. The second kappa shape index (κ2) is 7.38. The lowest BCUT2D eigenvalue weighted by Crippen LogP contribution is -2.08. The van der Waals surface area contributed by atoms with Crippen molar-refractivity contribution in [1.82, 2.24) is 19.6 Å². The molecule has 0 bridgehead atoms. The quantitative estimate of drug-likeness (QED) is 0.712. The lowest BCUT2D eigenvalue weighted by atomic mass is 10.2. The van der Waals surface area contributed by atoms with Crippen LogP contribution < -0.4 is 14.8 Å². The van der Waals surface area contributed by atoms with E-state index >= 15 is 0 Å². The zero-order chi connectivity index (χ0) is 17.8. The van der Waals surface area contributed by atoms with E-state index in [0.717, 1.165) is 35.4 Å². The number of imidazole rings is 1. The molecule has 0 spiro atoms. The lowest BCUT2D eigenvalue weighted by Gasteiger charge is -2.10. The maximum atomic E-state index is 5.34. The number of nitrogens with zero attached hydrogens (tertiary/aromatic N) is 4. The molecule has 0 aliphatic carbocycles. The summed E-state index contributed by atoms with van der Waals surface area (Å²) in [7, 11) is 3.25. The third kappa shape index (κ3) is 3.50. The second-order valence-electron chi connectivity index (χ2n) is 5.79. The molecular weight excluding hydrogens is 318 g/mol. The molecule has 3 rings (SSSR count). The molecule has 7 nitrogen and oxygen atoms in total. The van der Waals surface area contributed by atoms with Crippen molar-refractivity contribution in [1.29, 1.82) is 0 Å². The van der Waals surface area contributed by atoms with E-state index in [0.29, 0.717) is 24.0 Å². The summed E-state index contributed by atoms with van der Waals surface area (Å²) >= 11 is 0. The first-order valence-corrected chi connectivity index (χ1v) is 8.32. The van der Waals surface area contributed by atoms with E-state index in [-0.39, 0.29) is 0 Å². The van der Waals surface area contributed by atoms with Gasteiger partial charge in [0.15, 0.2) is 11.5 Å². The number of hydrogen-bond acceptors (Lipinski definition) is 6. The molecule has 0 saturated heterocycles. The fourth-order valence-corrected chi connectivity index (χ4v) is 2.73. The number of aromatic nitrogens is 4. The first kappa shape index (κ1) is 17.0. The van der Waals surface area contributed by atoms with Crippen LogP contribution in [0.5, 0.6) is 11.5 Å². The Labute approximate surface area is 147 Å². The van der Waals surface area contributed by atoms with Crippen LogP contribution in [0.2, 0.25) is 0 Å². The molecule has 25 heavy (non-hydrogen) atoms. The SMILES string of the molecule is CCCc1nc(C)c2cnc(NCc3ccc(OC)c(OC)c3)nn12. The molecule has 0 radical (unpaired) electrons. The standard InChI is InChI=1S/C18H23N5O2/c1-5-6-17-21-12(2)14-11-20-18(22-23(14)17)19-10-13-7-8-15(24-3)16(9-13)25-4/h7-9,11H,5-6,10H2,1-4H3,(H,19,22). The molecule has 0 atom stereocenters. The van der Waals surface area contributed by atoms with Gasteiger partial charge in [-0.25, -0.2) is 14.5 Å². The van der Waals surface area contributed by atoms with Gasteiger partial charge in [-0.3, -0.25) is 0 Å². The summed E-state index contributed by atoms with van der Waals surface area (Å²) in [5, 5.41) is 7.84. The number of hydrogen-bond donors (Lipinski definition) is 1. The minimum absolute atomic E-state index is 0.567. The Balaban J connectivity index is 1.80. The maximum Gasteiger partial charge on any atom is 0.241 e. The average Bonchev–Trinajstić information content (AvgIpc) is 2.95. The highest BCUT2D eigenvalue weighted by Crippen LogP contribution is 2.27. The number of aryl methyl sites for hydroxylation is 2. The Morgan fingerprint density at radius 2 is 1.96 bits per heavy atom. The highest BCUT2D eigenvalue weighted by molar-refractivity contribution is 5.51. The van der Waals surface area contributed by atoms with Crippen LogP contribution in [0.25, 0.3) is 5.52 Å². The van der Waals surface area contributed by atoms with Gasteiger partial charge in [-0.1, -0.05) is 13.0 Å². The predicted octanol–water partition coefficient (Wildman–Crippen LogP) is 3.01. The molecule has 0 aliphatic heterocycles.